The summed E-state index contributed by atoms with van der Waals surface area (Å²) >= 11 is 0. The number of aromatic nitrogens is 3. The molecule has 0 radical (unpaired) electrons. The van der Waals surface area contributed by atoms with Crippen molar-refractivity contribution in [3.63, 3.8) is 0 Å². The molecule has 172 valence electrons. The molecule has 0 saturated carbocycles. The number of nitriles is 1. The van der Waals surface area contributed by atoms with E-state index in [2.05, 4.69) is 26.3 Å². The van der Waals surface area contributed by atoms with Crippen LogP contribution in [0.5, 0.6) is 11.6 Å². The van der Waals surface area contributed by atoms with E-state index in [0.29, 0.717) is 36.3 Å². The van der Waals surface area contributed by atoms with Gasteiger partial charge in [0.1, 0.15) is 17.4 Å². The van der Waals surface area contributed by atoms with Crippen molar-refractivity contribution >= 4 is 11.0 Å². The number of hydrogen-bond acceptors (Lipinski definition) is 8. The highest BCUT2D eigenvalue weighted by Crippen LogP contribution is 2.18. The van der Waals surface area contributed by atoms with Gasteiger partial charge in [0.05, 0.1) is 31.4 Å². The molecule has 1 saturated heterocycles. The van der Waals surface area contributed by atoms with Gasteiger partial charge in [-0.1, -0.05) is 0 Å². The normalized spacial score (nSPS) is 14.8. The number of pyridine rings is 3. The number of piperidine rings is 1. The molecular formula is C24H28N6O3. The van der Waals surface area contributed by atoms with Crippen molar-refractivity contribution in [3.05, 3.63) is 58.1 Å². The molecule has 4 heterocycles. The smallest absolute Gasteiger partial charge is 0.251 e. The fourth-order valence-corrected chi connectivity index (χ4v) is 4.19. The molecule has 1 fully saturated rings. The molecule has 9 nitrogen and oxygen atoms in total. The van der Waals surface area contributed by atoms with Crippen LogP contribution in [0.1, 0.15) is 24.0 Å². The lowest BCUT2D eigenvalue weighted by Gasteiger charge is -2.32. The lowest BCUT2D eigenvalue weighted by atomic mass is 10.0. The van der Waals surface area contributed by atoms with Crippen LogP contribution in [0, 0.1) is 11.3 Å². The highest BCUT2D eigenvalue weighted by molar-refractivity contribution is 5.75. The van der Waals surface area contributed by atoms with Crippen LogP contribution in [0.2, 0.25) is 0 Å². The van der Waals surface area contributed by atoms with Gasteiger partial charge in [-0.05, 0) is 43.6 Å². The second-order valence-corrected chi connectivity index (χ2v) is 8.11. The van der Waals surface area contributed by atoms with Gasteiger partial charge >= 0.3 is 0 Å². The lowest BCUT2D eigenvalue weighted by Crippen LogP contribution is -2.43. The topological polar surface area (TPSA) is 105 Å². The summed E-state index contributed by atoms with van der Waals surface area (Å²) in [5.41, 5.74) is 2.96. The van der Waals surface area contributed by atoms with Gasteiger partial charge in [-0.3, -0.25) is 9.78 Å². The van der Waals surface area contributed by atoms with Crippen molar-refractivity contribution < 1.29 is 9.47 Å². The molecule has 4 rings (SSSR count). The summed E-state index contributed by atoms with van der Waals surface area (Å²) < 4.78 is 12.2. The Hall–Kier alpha value is -3.48. The van der Waals surface area contributed by atoms with Gasteiger partial charge in [0.15, 0.2) is 0 Å². The van der Waals surface area contributed by atoms with E-state index in [1.807, 2.05) is 12.1 Å². The molecule has 0 unspecified atom stereocenters. The van der Waals surface area contributed by atoms with Crippen LogP contribution in [0.25, 0.3) is 11.0 Å². The predicted molar refractivity (Wildman–Crippen MR) is 124 cm³/mol. The summed E-state index contributed by atoms with van der Waals surface area (Å²) in [4.78, 5) is 23.5. The third-order valence-electron chi connectivity index (χ3n) is 6.09. The van der Waals surface area contributed by atoms with Crippen molar-refractivity contribution in [1.29, 1.82) is 5.26 Å². The Morgan fingerprint density at radius 2 is 1.94 bits per heavy atom. The van der Waals surface area contributed by atoms with Crippen molar-refractivity contribution in [2.75, 3.05) is 33.9 Å². The molecule has 0 spiro atoms. The number of fused-ring (bicyclic) bond motifs is 1. The van der Waals surface area contributed by atoms with E-state index in [0.717, 1.165) is 49.1 Å². The quantitative estimate of drug-likeness (QED) is 0.557. The van der Waals surface area contributed by atoms with E-state index in [4.69, 9.17) is 9.47 Å². The van der Waals surface area contributed by atoms with Gasteiger partial charge in [0.2, 0.25) is 5.88 Å². The third-order valence-corrected chi connectivity index (χ3v) is 6.09. The summed E-state index contributed by atoms with van der Waals surface area (Å²) in [6, 6.07) is 9.54. The molecule has 0 amide bonds. The maximum Gasteiger partial charge on any atom is 0.251 e. The second kappa shape index (κ2) is 10.4. The minimum Gasteiger partial charge on any atom is -0.495 e. The summed E-state index contributed by atoms with van der Waals surface area (Å²) in [6.45, 7) is 4.00. The fraction of sp³-hybridized carbons (Fsp3) is 0.417. The predicted octanol–water partition coefficient (Wildman–Crippen LogP) is 1.93. The van der Waals surface area contributed by atoms with E-state index >= 15 is 0 Å². The van der Waals surface area contributed by atoms with Crippen LogP contribution >= 0.6 is 0 Å². The summed E-state index contributed by atoms with van der Waals surface area (Å²) in [5, 5.41) is 12.8. The van der Waals surface area contributed by atoms with Crippen molar-refractivity contribution in [2.24, 2.45) is 0 Å². The van der Waals surface area contributed by atoms with Gasteiger partial charge < -0.3 is 24.3 Å². The minimum atomic E-state index is -0.0288. The zero-order valence-corrected chi connectivity index (χ0v) is 19.0. The number of methoxy groups -OCH3 is 2. The van der Waals surface area contributed by atoms with Crippen LogP contribution in [0.3, 0.4) is 0 Å². The average molecular weight is 449 g/mol. The number of likely N-dealkylation sites (tertiary alicyclic amines) is 1. The molecule has 9 heteroatoms. The fourth-order valence-electron chi connectivity index (χ4n) is 4.19. The van der Waals surface area contributed by atoms with E-state index in [1.54, 1.807) is 36.2 Å². The molecule has 0 bridgehead atoms. The molecule has 0 aliphatic carbocycles. The Bertz CT molecular complexity index is 1210. The van der Waals surface area contributed by atoms with Gasteiger partial charge in [-0.15, -0.1) is 0 Å². The van der Waals surface area contributed by atoms with Crippen LogP contribution in [0.4, 0.5) is 0 Å². The molecule has 1 aliphatic heterocycles. The summed E-state index contributed by atoms with van der Waals surface area (Å²) in [6.07, 6.45) is 5.45. The Balaban J connectivity index is 1.30. The number of rotatable bonds is 8. The maximum atomic E-state index is 12.5. The molecule has 0 aromatic carbocycles. The van der Waals surface area contributed by atoms with Crippen molar-refractivity contribution in [3.8, 4) is 17.7 Å². The first-order valence-corrected chi connectivity index (χ1v) is 11.0. The van der Waals surface area contributed by atoms with E-state index < -0.39 is 0 Å². The highest BCUT2D eigenvalue weighted by atomic mass is 16.5. The highest BCUT2D eigenvalue weighted by Gasteiger charge is 2.19. The molecule has 1 N–H and O–H groups in total. The van der Waals surface area contributed by atoms with Crippen molar-refractivity contribution in [2.45, 2.75) is 32.0 Å². The van der Waals surface area contributed by atoms with Gasteiger partial charge in [0.25, 0.3) is 5.56 Å². The Morgan fingerprint density at radius 3 is 2.67 bits per heavy atom. The number of hydrogen-bond donors (Lipinski definition) is 1. The van der Waals surface area contributed by atoms with E-state index in [-0.39, 0.29) is 5.56 Å². The monoisotopic (exact) mass is 448 g/mol. The minimum absolute atomic E-state index is 0.0288. The first-order valence-electron chi connectivity index (χ1n) is 11.0. The standard InChI is InChI=1S/C24H28N6O3/c1-32-20-12-22-21(27-16-20)3-4-23(31)30(22)10-9-29-7-5-19(6-8-29)26-14-17-11-18(13-25)24(33-2)28-15-17/h3-4,11-12,15-16,19,26H,5-10,14H2,1-2H3. The Labute approximate surface area is 192 Å². The van der Waals surface area contributed by atoms with E-state index in [9.17, 15) is 10.1 Å². The molecule has 1 aliphatic rings. The SMILES string of the molecule is COc1cnc2ccc(=O)n(CCN3CCC(NCc4cnc(OC)c(C#N)c4)CC3)c2c1. The summed E-state index contributed by atoms with van der Waals surface area (Å²) in [7, 11) is 3.11. The number of nitrogens with one attached hydrogen (secondary N) is 1. The lowest BCUT2D eigenvalue weighted by molar-refractivity contribution is 0.191. The van der Waals surface area contributed by atoms with E-state index in [1.165, 1.54) is 7.11 Å². The second-order valence-electron chi connectivity index (χ2n) is 8.11. The van der Waals surface area contributed by atoms with Gasteiger partial charge in [-0.25, -0.2) is 4.98 Å². The average Bonchev–Trinajstić information content (AvgIpc) is 2.87. The third kappa shape index (κ3) is 5.30. The number of nitrogens with zero attached hydrogens (tertiary/aromatic N) is 5. The van der Waals surface area contributed by atoms with Crippen molar-refractivity contribution in [1.82, 2.24) is 24.8 Å². The van der Waals surface area contributed by atoms with Gasteiger partial charge in [-0.2, -0.15) is 5.26 Å². The van der Waals surface area contributed by atoms with Crippen LogP contribution in [0.15, 0.2) is 41.5 Å². The number of ether oxygens (including phenoxy) is 2. The van der Waals surface area contributed by atoms with Gasteiger partial charge in [0, 0.05) is 44.0 Å². The summed E-state index contributed by atoms with van der Waals surface area (Å²) in [5.74, 6) is 0.997. The molecule has 0 atom stereocenters. The first-order chi connectivity index (χ1) is 16.1. The zero-order chi connectivity index (χ0) is 23.2. The first kappa shape index (κ1) is 22.7. The molecular weight excluding hydrogens is 420 g/mol. The van der Waals surface area contributed by atoms with Crippen LogP contribution in [-0.2, 0) is 13.1 Å². The van der Waals surface area contributed by atoms with Crippen LogP contribution in [-0.4, -0.2) is 59.3 Å². The Morgan fingerprint density at radius 1 is 1.12 bits per heavy atom. The maximum absolute atomic E-state index is 12.5. The Kier molecular flexibility index (Phi) is 7.17. The molecule has 33 heavy (non-hydrogen) atoms. The molecule has 3 aromatic heterocycles. The van der Waals surface area contributed by atoms with Crippen LogP contribution < -0.4 is 20.3 Å². The largest absolute Gasteiger partial charge is 0.495 e. The zero-order valence-electron chi connectivity index (χ0n) is 19.0. The molecule has 3 aromatic rings.